The third-order valence-electron chi connectivity index (χ3n) is 5.02. The van der Waals surface area contributed by atoms with E-state index >= 15 is 0 Å². The minimum absolute atomic E-state index is 0.266. The molecule has 0 saturated heterocycles. The zero-order chi connectivity index (χ0) is 20.1. The first-order valence-corrected chi connectivity index (χ1v) is 9.39. The molecule has 1 atom stereocenters. The zero-order valence-corrected chi connectivity index (χ0v) is 16.8. The summed E-state index contributed by atoms with van der Waals surface area (Å²) in [5.41, 5.74) is 2.35. The maximum absolute atomic E-state index is 12.0. The molecule has 0 amide bonds. The summed E-state index contributed by atoms with van der Waals surface area (Å²) in [6, 6.07) is 15.5. The minimum Gasteiger partial charge on any atom is -0.497 e. The summed E-state index contributed by atoms with van der Waals surface area (Å²) in [6.45, 7) is 1.55. The van der Waals surface area contributed by atoms with Crippen LogP contribution in [0.3, 0.4) is 0 Å². The summed E-state index contributed by atoms with van der Waals surface area (Å²) in [4.78, 5) is 13.3. The van der Waals surface area contributed by atoms with Crippen molar-refractivity contribution in [3.05, 3.63) is 70.1 Å². The molecule has 6 heteroatoms. The summed E-state index contributed by atoms with van der Waals surface area (Å²) in [5.74, 6) is 1.57. The van der Waals surface area contributed by atoms with Gasteiger partial charge in [0.05, 0.1) is 33.9 Å². The van der Waals surface area contributed by atoms with Gasteiger partial charge in [0.25, 0.3) is 0 Å². The molecule has 2 aromatic carbocycles. The molecule has 1 heterocycles. The van der Waals surface area contributed by atoms with E-state index in [1.54, 1.807) is 26.4 Å². The van der Waals surface area contributed by atoms with Crippen molar-refractivity contribution in [2.45, 2.75) is 12.6 Å². The van der Waals surface area contributed by atoms with Gasteiger partial charge in [-0.25, -0.2) is 4.79 Å². The number of methoxy groups -OCH3 is 2. The summed E-state index contributed by atoms with van der Waals surface area (Å²) >= 11 is 0. The first-order chi connectivity index (χ1) is 13.5. The van der Waals surface area contributed by atoms with E-state index in [1.807, 2.05) is 30.3 Å². The third-order valence-corrected chi connectivity index (χ3v) is 5.02. The van der Waals surface area contributed by atoms with E-state index in [0.29, 0.717) is 17.9 Å². The average molecular weight is 384 g/mol. The topological polar surface area (TPSA) is 69.7 Å². The molecule has 3 rings (SSSR count). The number of hydrogen-bond acceptors (Lipinski definition) is 4. The normalized spacial score (nSPS) is 12.3. The average Bonchev–Trinajstić information content (AvgIpc) is 2.70. The molecular formula is C22H28N2O4+2. The summed E-state index contributed by atoms with van der Waals surface area (Å²) in [7, 11) is 7.58. The Balaban J connectivity index is 1.80. The second-order valence-electron chi connectivity index (χ2n) is 7.05. The van der Waals surface area contributed by atoms with Gasteiger partial charge in [0.15, 0.2) is 6.04 Å². The van der Waals surface area contributed by atoms with Crippen LogP contribution < -0.4 is 25.3 Å². The van der Waals surface area contributed by atoms with Crippen LogP contribution in [0, 0.1) is 0 Å². The predicted molar refractivity (Wildman–Crippen MR) is 108 cm³/mol. The Morgan fingerprint density at radius 3 is 2.57 bits per heavy atom. The lowest BCUT2D eigenvalue weighted by molar-refractivity contribution is -0.910. The van der Waals surface area contributed by atoms with Gasteiger partial charge in [0, 0.05) is 23.1 Å². The Hall–Kier alpha value is -2.83. The van der Waals surface area contributed by atoms with E-state index in [4.69, 9.17) is 13.9 Å². The number of benzene rings is 2. The zero-order valence-electron chi connectivity index (χ0n) is 16.8. The van der Waals surface area contributed by atoms with Crippen LogP contribution in [0.25, 0.3) is 11.0 Å². The highest BCUT2D eigenvalue weighted by Crippen LogP contribution is 2.23. The molecular weight excluding hydrogens is 356 g/mol. The number of fused-ring (bicyclic) bond motifs is 1. The van der Waals surface area contributed by atoms with Gasteiger partial charge in [-0.3, -0.25) is 0 Å². The SMILES string of the molecule is COc1ccc2c(C[NH2+]C[C@@H](c3ccccc3OC)[NH+](C)C)cc(=O)oc2c1. The highest BCUT2D eigenvalue weighted by Gasteiger charge is 2.23. The maximum Gasteiger partial charge on any atom is 0.336 e. The molecule has 6 nitrogen and oxygen atoms in total. The fourth-order valence-electron chi connectivity index (χ4n) is 3.54. The Labute approximate surface area is 164 Å². The first-order valence-electron chi connectivity index (χ1n) is 9.39. The fourth-order valence-corrected chi connectivity index (χ4v) is 3.54. The van der Waals surface area contributed by atoms with Crippen LogP contribution in [0.1, 0.15) is 17.2 Å². The molecule has 0 radical (unpaired) electrons. The molecule has 0 aliphatic carbocycles. The fraction of sp³-hybridized carbons (Fsp3) is 0.318. The van der Waals surface area contributed by atoms with E-state index in [0.717, 1.165) is 23.2 Å². The Bertz CT molecular complexity index is 997. The van der Waals surface area contributed by atoms with Crippen LogP contribution in [0.4, 0.5) is 0 Å². The number of para-hydroxylation sites is 1. The number of nitrogens with two attached hydrogens (primary N) is 1. The van der Waals surface area contributed by atoms with Crippen LogP contribution in [-0.2, 0) is 6.54 Å². The minimum atomic E-state index is -0.344. The maximum atomic E-state index is 12.0. The van der Waals surface area contributed by atoms with E-state index in [9.17, 15) is 4.79 Å². The summed E-state index contributed by atoms with van der Waals surface area (Å²) in [5, 5.41) is 3.16. The van der Waals surface area contributed by atoms with Crippen molar-refractivity contribution in [2.75, 3.05) is 34.9 Å². The molecule has 0 saturated carbocycles. The van der Waals surface area contributed by atoms with Crippen LogP contribution in [0.5, 0.6) is 11.5 Å². The number of quaternary nitrogens is 2. The standard InChI is InChI=1S/C22H26N2O4/c1-24(2)19(18-7-5-6-8-20(18)27-4)14-23-13-15-11-22(25)28-21-12-16(26-3)9-10-17(15)21/h5-12,19,23H,13-14H2,1-4H3/p+2/t19-/m0/s1. The molecule has 0 fully saturated rings. The van der Waals surface area contributed by atoms with Crippen molar-refractivity contribution in [1.82, 2.24) is 0 Å². The lowest BCUT2D eigenvalue weighted by atomic mass is 10.0. The number of hydrogen-bond donors (Lipinski definition) is 2. The smallest absolute Gasteiger partial charge is 0.336 e. The van der Waals surface area contributed by atoms with Gasteiger partial charge in [-0.2, -0.15) is 0 Å². The number of nitrogens with one attached hydrogen (secondary N) is 1. The largest absolute Gasteiger partial charge is 0.497 e. The van der Waals surface area contributed by atoms with Crippen LogP contribution in [-0.4, -0.2) is 34.9 Å². The molecule has 3 aromatic rings. The second-order valence-corrected chi connectivity index (χ2v) is 7.05. The third kappa shape index (κ3) is 4.35. The highest BCUT2D eigenvalue weighted by atomic mass is 16.5. The van der Waals surface area contributed by atoms with E-state index < -0.39 is 0 Å². The molecule has 1 aromatic heterocycles. The Morgan fingerprint density at radius 2 is 1.86 bits per heavy atom. The van der Waals surface area contributed by atoms with Crippen molar-refractivity contribution < 1.29 is 24.1 Å². The predicted octanol–water partition coefficient (Wildman–Crippen LogP) is 0.759. The summed E-state index contributed by atoms with van der Waals surface area (Å²) < 4.78 is 16.1. The molecule has 0 spiro atoms. The summed E-state index contributed by atoms with van der Waals surface area (Å²) in [6.07, 6.45) is 0. The van der Waals surface area contributed by atoms with Crippen molar-refractivity contribution >= 4 is 11.0 Å². The number of likely N-dealkylation sites (N-methyl/N-ethyl adjacent to an activating group) is 1. The molecule has 0 bridgehead atoms. The molecule has 0 unspecified atom stereocenters. The van der Waals surface area contributed by atoms with Crippen LogP contribution in [0.2, 0.25) is 0 Å². The number of ether oxygens (including phenoxy) is 2. The van der Waals surface area contributed by atoms with Gasteiger partial charge in [0.2, 0.25) is 0 Å². The Kier molecular flexibility index (Phi) is 6.34. The van der Waals surface area contributed by atoms with Crippen LogP contribution >= 0.6 is 0 Å². The van der Waals surface area contributed by atoms with Crippen molar-refractivity contribution in [1.29, 1.82) is 0 Å². The molecule has 28 heavy (non-hydrogen) atoms. The van der Waals surface area contributed by atoms with Gasteiger partial charge in [-0.05, 0) is 24.3 Å². The van der Waals surface area contributed by atoms with E-state index in [2.05, 4.69) is 25.5 Å². The van der Waals surface area contributed by atoms with E-state index in [-0.39, 0.29) is 11.7 Å². The molecule has 0 aliphatic rings. The lowest BCUT2D eigenvalue weighted by Gasteiger charge is -2.22. The van der Waals surface area contributed by atoms with Gasteiger partial charge in [-0.1, -0.05) is 12.1 Å². The molecule has 148 valence electrons. The highest BCUT2D eigenvalue weighted by molar-refractivity contribution is 5.81. The van der Waals surface area contributed by atoms with Crippen LogP contribution in [0.15, 0.2) is 57.7 Å². The van der Waals surface area contributed by atoms with E-state index in [1.165, 1.54) is 10.5 Å². The van der Waals surface area contributed by atoms with Crippen molar-refractivity contribution in [3.8, 4) is 11.5 Å². The molecule has 3 N–H and O–H groups in total. The molecule has 0 aliphatic heterocycles. The Morgan fingerprint density at radius 1 is 1.07 bits per heavy atom. The van der Waals surface area contributed by atoms with Crippen molar-refractivity contribution in [3.63, 3.8) is 0 Å². The number of rotatable bonds is 8. The lowest BCUT2D eigenvalue weighted by Crippen LogP contribution is -3.09. The monoisotopic (exact) mass is 384 g/mol. The first kappa shape index (κ1) is 19.9. The van der Waals surface area contributed by atoms with Gasteiger partial charge < -0.3 is 24.1 Å². The van der Waals surface area contributed by atoms with Crippen molar-refractivity contribution in [2.24, 2.45) is 0 Å². The quantitative estimate of drug-likeness (QED) is 0.563. The van der Waals surface area contributed by atoms with Gasteiger partial charge in [0.1, 0.15) is 30.2 Å². The van der Waals surface area contributed by atoms with Gasteiger partial charge >= 0.3 is 5.63 Å². The van der Waals surface area contributed by atoms with Gasteiger partial charge in [-0.15, -0.1) is 0 Å². The second kappa shape index (κ2) is 8.91.